The molecule has 0 radical (unpaired) electrons. The van der Waals surface area contributed by atoms with Gasteiger partial charge in [0.25, 0.3) is 5.91 Å². The Balaban J connectivity index is 1.24. The number of sulfonamides is 1. The van der Waals surface area contributed by atoms with E-state index in [0.717, 1.165) is 31.5 Å². The Morgan fingerprint density at radius 1 is 0.912 bits per heavy atom. The number of likely N-dealkylation sites (tertiary alicyclic amines) is 1. The summed E-state index contributed by atoms with van der Waals surface area (Å²) in [5.74, 6) is 0.184. The van der Waals surface area contributed by atoms with E-state index in [1.165, 1.54) is 28.6 Å². The van der Waals surface area contributed by atoms with Crippen molar-refractivity contribution >= 4 is 27.5 Å². The Morgan fingerprint density at radius 3 is 2.21 bits per heavy atom. The molecule has 4 rings (SSSR count). The largest absolute Gasteiger partial charge is 0.484 e. The van der Waals surface area contributed by atoms with Crippen LogP contribution in [0, 0.1) is 0 Å². The van der Waals surface area contributed by atoms with E-state index >= 15 is 0 Å². The summed E-state index contributed by atoms with van der Waals surface area (Å²) in [5, 5.41) is 2.75. The summed E-state index contributed by atoms with van der Waals surface area (Å²) >= 11 is 0. The number of rotatable bonds is 8. The third-order valence-electron chi connectivity index (χ3n) is 5.85. The quantitative estimate of drug-likeness (QED) is 0.610. The Hall–Kier alpha value is -2.95. The number of anilines is 1. The molecule has 0 aliphatic carbocycles. The van der Waals surface area contributed by atoms with Crippen molar-refractivity contribution in [2.24, 2.45) is 0 Å². The third-order valence-corrected chi connectivity index (χ3v) is 7.77. The minimum absolute atomic E-state index is 0.131. The van der Waals surface area contributed by atoms with Crippen LogP contribution in [0.25, 0.3) is 0 Å². The van der Waals surface area contributed by atoms with E-state index in [9.17, 15) is 18.0 Å². The summed E-state index contributed by atoms with van der Waals surface area (Å²) in [4.78, 5) is 26.6. The second kappa shape index (κ2) is 11.0. The van der Waals surface area contributed by atoms with Crippen LogP contribution in [0.2, 0.25) is 0 Å². The highest BCUT2D eigenvalue weighted by atomic mass is 32.2. The molecule has 2 aliphatic heterocycles. The first-order chi connectivity index (χ1) is 16.4. The minimum Gasteiger partial charge on any atom is -0.484 e. The van der Waals surface area contributed by atoms with Crippen LogP contribution < -0.4 is 10.1 Å². The Morgan fingerprint density at radius 2 is 1.56 bits per heavy atom. The summed E-state index contributed by atoms with van der Waals surface area (Å²) in [5.41, 5.74) is 1.51. The van der Waals surface area contributed by atoms with Gasteiger partial charge in [0.1, 0.15) is 5.75 Å². The lowest BCUT2D eigenvalue weighted by Crippen LogP contribution is -2.40. The fraction of sp³-hybridized carbons (Fsp3) is 0.417. The van der Waals surface area contributed by atoms with E-state index in [4.69, 9.17) is 9.47 Å². The minimum atomic E-state index is -3.57. The molecule has 2 aliphatic rings. The van der Waals surface area contributed by atoms with Crippen molar-refractivity contribution in [3.63, 3.8) is 0 Å². The highest BCUT2D eigenvalue weighted by molar-refractivity contribution is 7.89. The molecule has 2 aromatic rings. The lowest BCUT2D eigenvalue weighted by molar-refractivity contribution is -0.129. The fourth-order valence-corrected chi connectivity index (χ4v) is 5.36. The van der Waals surface area contributed by atoms with Crippen LogP contribution >= 0.6 is 0 Å². The van der Waals surface area contributed by atoms with Gasteiger partial charge < -0.3 is 19.7 Å². The molecule has 2 saturated heterocycles. The molecule has 2 heterocycles. The molecule has 0 aromatic heterocycles. The van der Waals surface area contributed by atoms with Crippen molar-refractivity contribution in [3.8, 4) is 5.75 Å². The van der Waals surface area contributed by atoms with Gasteiger partial charge in [-0.25, -0.2) is 8.42 Å². The van der Waals surface area contributed by atoms with Gasteiger partial charge in [0.15, 0.2) is 6.61 Å². The number of nitrogens with one attached hydrogen (secondary N) is 1. The van der Waals surface area contributed by atoms with Crippen molar-refractivity contribution < 1.29 is 27.5 Å². The molecule has 34 heavy (non-hydrogen) atoms. The molecule has 1 N–H and O–H groups in total. The number of morpholine rings is 1. The van der Waals surface area contributed by atoms with Crippen molar-refractivity contribution in [2.45, 2.75) is 24.2 Å². The number of carbonyl (C=O) groups excluding carboxylic acids is 2. The van der Waals surface area contributed by atoms with Crippen LogP contribution in [-0.4, -0.2) is 75.4 Å². The van der Waals surface area contributed by atoms with E-state index < -0.39 is 10.0 Å². The molecular weight excluding hydrogens is 458 g/mol. The molecule has 10 heteroatoms. The van der Waals surface area contributed by atoms with Crippen LogP contribution in [0.4, 0.5) is 5.69 Å². The van der Waals surface area contributed by atoms with Crippen LogP contribution in [0.5, 0.6) is 5.75 Å². The zero-order chi connectivity index (χ0) is 24.0. The summed E-state index contributed by atoms with van der Waals surface area (Å²) < 4.78 is 37.4. The SMILES string of the molecule is O=C(COc1ccc(S(=O)(=O)N2CCOCC2)cc1)Nc1ccc(CC(=O)N2CCCC2)cc1. The predicted molar refractivity (Wildman–Crippen MR) is 126 cm³/mol. The van der Waals surface area contributed by atoms with Crippen molar-refractivity contribution in [2.75, 3.05) is 51.3 Å². The highest BCUT2D eigenvalue weighted by Gasteiger charge is 2.26. The van der Waals surface area contributed by atoms with Gasteiger partial charge in [-0.3, -0.25) is 9.59 Å². The van der Waals surface area contributed by atoms with Crippen molar-refractivity contribution in [1.29, 1.82) is 0 Å². The van der Waals surface area contributed by atoms with Gasteiger partial charge >= 0.3 is 0 Å². The molecule has 2 fully saturated rings. The molecule has 0 spiro atoms. The molecule has 2 aromatic carbocycles. The predicted octanol–water partition coefficient (Wildman–Crippen LogP) is 1.89. The number of hydrogen-bond donors (Lipinski definition) is 1. The Kier molecular flexibility index (Phi) is 7.81. The second-order valence-electron chi connectivity index (χ2n) is 8.29. The molecule has 0 unspecified atom stereocenters. The van der Waals surface area contributed by atoms with Crippen LogP contribution in [-0.2, 0) is 30.8 Å². The van der Waals surface area contributed by atoms with Gasteiger partial charge in [-0.15, -0.1) is 0 Å². The summed E-state index contributed by atoms with van der Waals surface area (Å²) in [7, 11) is -3.57. The van der Waals surface area contributed by atoms with Gasteiger partial charge in [0, 0.05) is 31.9 Å². The normalized spacial score (nSPS) is 16.9. The van der Waals surface area contributed by atoms with Crippen LogP contribution in [0.1, 0.15) is 18.4 Å². The lowest BCUT2D eigenvalue weighted by Gasteiger charge is -2.26. The maximum Gasteiger partial charge on any atom is 0.262 e. The molecule has 0 atom stereocenters. The van der Waals surface area contributed by atoms with Gasteiger partial charge in [-0.2, -0.15) is 4.31 Å². The Labute approximate surface area is 199 Å². The summed E-state index contributed by atoms with van der Waals surface area (Å²) in [6.45, 7) is 2.88. The first-order valence-electron chi connectivity index (χ1n) is 11.4. The van der Waals surface area contributed by atoms with Crippen molar-refractivity contribution in [3.05, 3.63) is 54.1 Å². The van der Waals surface area contributed by atoms with E-state index in [0.29, 0.717) is 44.2 Å². The number of benzene rings is 2. The van der Waals surface area contributed by atoms with E-state index in [2.05, 4.69) is 5.32 Å². The molecule has 9 nitrogen and oxygen atoms in total. The van der Waals surface area contributed by atoms with Gasteiger partial charge in [-0.1, -0.05) is 12.1 Å². The first kappa shape index (κ1) is 24.2. The highest BCUT2D eigenvalue weighted by Crippen LogP contribution is 2.21. The maximum atomic E-state index is 12.7. The van der Waals surface area contributed by atoms with E-state index in [-0.39, 0.29) is 23.3 Å². The van der Waals surface area contributed by atoms with Gasteiger partial charge in [0.05, 0.1) is 24.5 Å². The molecular formula is C24H29N3O6S. The van der Waals surface area contributed by atoms with E-state index in [1.54, 1.807) is 12.1 Å². The standard InChI is InChI=1S/C24H29N3O6S/c28-23(25-20-5-3-19(4-6-20)17-24(29)26-11-1-2-12-26)18-33-21-7-9-22(10-8-21)34(30,31)27-13-15-32-16-14-27/h3-10H,1-2,11-18H2,(H,25,28). The average molecular weight is 488 g/mol. The van der Waals surface area contributed by atoms with Crippen LogP contribution in [0.15, 0.2) is 53.4 Å². The number of carbonyl (C=O) groups is 2. The number of hydrogen-bond acceptors (Lipinski definition) is 6. The molecule has 0 saturated carbocycles. The number of ether oxygens (including phenoxy) is 2. The zero-order valence-electron chi connectivity index (χ0n) is 18.9. The second-order valence-corrected chi connectivity index (χ2v) is 10.2. The smallest absolute Gasteiger partial charge is 0.262 e. The average Bonchev–Trinajstić information content (AvgIpc) is 3.40. The summed E-state index contributed by atoms with van der Waals surface area (Å²) in [6, 6.07) is 13.2. The zero-order valence-corrected chi connectivity index (χ0v) is 19.8. The molecule has 182 valence electrons. The number of nitrogens with zero attached hydrogens (tertiary/aromatic N) is 2. The third kappa shape index (κ3) is 6.13. The number of amides is 2. The monoisotopic (exact) mass is 487 g/mol. The van der Waals surface area contributed by atoms with Crippen LogP contribution in [0.3, 0.4) is 0 Å². The lowest BCUT2D eigenvalue weighted by atomic mass is 10.1. The topological polar surface area (TPSA) is 105 Å². The molecule has 2 amide bonds. The molecule has 0 bridgehead atoms. The van der Waals surface area contributed by atoms with Crippen molar-refractivity contribution in [1.82, 2.24) is 9.21 Å². The first-order valence-corrected chi connectivity index (χ1v) is 12.8. The van der Waals surface area contributed by atoms with E-state index in [1.807, 2.05) is 17.0 Å². The van der Waals surface area contributed by atoms with Gasteiger partial charge in [0.2, 0.25) is 15.9 Å². The Bertz CT molecular complexity index is 1090. The fourth-order valence-electron chi connectivity index (χ4n) is 3.95. The maximum absolute atomic E-state index is 12.7. The van der Waals surface area contributed by atoms with Gasteiger partial charge in [-0.05, 0) is 54.8 Å². The summed E-state index contributed by atoms with van der Waals surface area (Å²) in [6.07, 6.45) is 2.49.